The van der Waals surface area contributed by atoms with Crippen molar-refractivity contribution in [2.75, 3.05) is 4.90 Å². The summed E-state index contributed by atoms with van der Waals surface area (Å²) in [6.45, 7) is 0. The summed E-state index contributed by atoms with van der Waals surface area (Å²) >= 11 is 1.85. The second kappa shape index (κ2) is 9.59. The number of hydrogen-bond acceptors (Lipinski definition) is 3. The molecule has 202 valence electrons. The Labute approximate surface area is 252 Å². The Morgan fingerprint density at radius 1 is 0.442 bits per heavy atom. The number of benzene rings is 7. The van der Waals surface area contributed by atoms with E-state index in [4.69, 9.17) is 4.42 Å². The molecule has 2 heterocycles. The normalized spacial score (nSPS) is 11.7. The molecule has 0 bridgehead atoms. The molecule has 7 aromatic carbocycles. The quantitative estimate of drug-likeness (QED) is 0.210. The molecule has 2 aromatic heterocycles. The summed E-state index contributed by atoms with van der Waals surface area (Å²) in [5.41, 5.74) is 7.49. The molecule has 0 spiro atoms. The SMILES string of the molecule is c1ccc(N(c2ccc(-c3c4ccccc4cc4c3oc3ccccc34)cc2)c2ccc3c(c2)sc2ccccc23)cc1. The van der Waals surface area contributed by atoms with E-state index < -0.39 is 0 Å². The molecule has 9 rings (SSSR count). The van der Waals surface area contributed by atoms with Crippen molar-refractivity contribution in [1.29, 1.82) is 0 Å². The molecule has 9 aromatic rings. The zero-order valence-corrected chi connectivity index (χ0v) is 24.0. The molecule has 0 atom stereocenters. The lowest BCUT2D eigenvalue weighted by molar-refractivity contribution is 0.670. The van der Waals surface area contributed by atoms with Gasteiger partial charge < -0.3 is 9.32 Å². The molecule has 0 aliphatic carbocycles. The van der Waals surface area contributed by atoms with Gasteiger partial charge in [-0.05, 0) is 70.9 Å². The van der Waals surface area contributed by atoms with Crippen LogP contribution in [0.25, 0.3) is 64.0 Å². The molecule has 0 amide bonds. The second-order valence-electron chi connectivity index (χ2n) is 10.9. The highest BCUT2D eigenvalue weighted by Crippen LogP contribution is 2.43. The fourth-order valence-electron chi connectivity index (χ4n) is 6.46. The summed E-state index contributed by atoms with van der Waals surface area (Å²) < 4.78 is 9.13. The van der Waals surface area contributed by atoms with E-state index in [9.17, 15) is 0 Å². The second-order valence-corrected chi connectivity index (χ2v) is 12.0. The lowest BCUT2D eigenvalue weighted by Gasteiger charge is -2.25. The van der Waals surface area contributed by atoms with Crippen LogP contribution < -0.4 is 4.90 Å². The minimum absolute atomic E-state index is 0.914. The third-order valence-electron chi connectivity index (χ3n) is 8.44. The van der Waals surface area contributed by atoms with Crippen LogP contribution >= 0.6 is 11.3 Å². The number of thiophene rings is 1. The highest BCUT2D eigenvalue weighted by molar-refractivity contribution is 7.25. The van der Waals surface area contributed by atoms with E-state index in [1.807, 2.05) is 17.4 Å². The van der Waals surface area contributed by atoms with Gasteiger partial charge in [-0.1, -0.05) is 97.1 Å². The number of anilines is 3. The fourth-order valence-corrected chi connectivity index (χ4v) is 7.60. The van der Waals surface area contributed by atoms with E-state index >= 15 is 0 Å². The standard InChI is InChI=1S/C40H25NOS/c1-2-11-28(12-3-1)41(30-22-23-34-33-15-7-9-17-37(33)43-38(34)25-30)29-20-18-26(19-21-29)39-31-13-5-4-10-27(31)24-35-32-14-6-8-16-36(32)42-40(35)39/h1-25H. The van der Waals surface area contributed by atoms with Crippen LogP contribution in [0.1, 0.15) is 0 Å². The van der Waals surface area contributed by atoms with Crippen LogP contribution in [0.5, 0.6) is 0 Å². The van der Waals surface area contributed by atoms with Crippen LogP contribution in [0, 0.1) is 0 Å². The molecular weight excluding hydrogens is 543 g/mol. The van der Waals surface area contributed by atoms with Gasteiger partial charge in [-0.25, -0.2) is 0 Å². The van der Waals surface area contributed by atoms with Gasteiger partial charge in [0.15, 0.2) is 0 Å². The minimum Gasteiger partial charge on any atom is -0.455 e. The summed E-state index contributed by atoms with van der Waals surface area (Å²) in [6, 6.07) is 54.2. The van der Waals surface area contributed by atoms with Gasteiger partial charge in [0.2, 0.25) is 0 Å². The Morgan fingerprint density at radius 2 is 1.09 bits per heavy atom. The van der Waals surface area contributed by atoms with Crippen molar-refractivity contribution in [2.24, 2.45) is 0 Å². The zero-order chi connectivity index (χ0) is 28.3. The zero-order valence-electron chi connectivity index (χ0n) is 23.2. The maximum Gasteiger partial charge on any atom is 0.143 e. The minimum atomic E-state index is 0.914. The van der Waals surface area contributed by atoms with Crippen molar-refractivity contribution in [3.63, 3.8) is 0 Å². The van der Waals surface area contributed by atoms with Crippen LogP contribution in [0.4, 0.5) is 17.1 Å². The third kappa shape index (κ3) is 3.86. The van der Waals surface area contributed by atoms with Crippen LogP contribution in [0.2, 0.25) is 0 Å². The van der Waals surface area contributed by atoms with E-state index in [0.717, 1.165) is 50.1 Å². The topological polar surface area (TPSA) is 16.4 Å². The van der Waals surface area contributed by atoms with Gasteiger partial charge in [0.1, 0.15) is 11.2 Å². The van der Waals surface area contributed by atoms with Crippen LogP contribution in [-0.4, -0.2) is 0 Å². The lowest BCUT2D eigenvalue weighted by atomic mass is 9.95. The molecule has 3 heteroatoms. The lowest BCUT2D eigenvalue weighted by Crippen LogP contribution is -2.09. The molecule has 0 unspecified atom stereocenters. The Balaban J connectivity index is 1.22. The van der Waals surface area contributed by atoms with E-state index in [0.29, 0.717) is 0 Å². The molecule has 0 radical (unpaired) electrons. The Bertz CT molecular complexity index is 2450. The fraction of sp³-hybridized carbons (Fsp3) is 0. The summed E-state index contributed by atoms with van der Waals surface area (Å²) in [7, 11) is 0. The number of rotatable bonds is 4. The molecule has 0 fully saturated rings. The van der Waals surface area contributed by atoms with Crippen LogP contribution in [0.3, 0.4) is 0 Å². The molecule has 2 nitrogen and oxygen atoms in total. The third-order valence-corrected chi connectivity index (χ3v) is 9.57. The van der Waals surface area contributed by atoms with E-state index in [-0.39, 0.29) is 0 Å². The Morgan fingerprint density at radius 3 is 1.95 bits per heavy atom. The molecule has 0 saturated heterocycles. The summed E-state index contributed by atoms with van der Waals surface area (Å²) in [5, 5.41) is 7.32. The molecular formula is C40H25NOS. The summed E-state index contributed by atoms with van der Waals surface area (Å²) in [5.74, 6) is 0. The molecule has 0 N–H and O–H groups in total. The first kappa shape index (κ1) is 24.2. The average molecular weight is 568 g/mol. The van der Waals surface area contributed by atoms with E-state index in [1.54, 1.807) is 0 Å². The smallest absolute Gasteiger partial charge is 0.143 e. The van der Waals surface area contributed by atoms with Gasteiger partial charge in [-0.15, -0.1) is 11.3 Å². The average Bonchev–Trinajstić information content (AvgIpc) is 3.62. The van der Waals surface area contributed by atoms with Crippen molar-refractivity contribution in [1.82, 2.24) is 0 Å². The number of para-hydroxylation sites is 2. The van der Waals surface area contributed by atoms with Crippen molar-refractivity contribution < 1.29 is 4.42 Å². The molecule has 0 aliphatic rings. The molecule has 43 heavy (non-hydrogen) atoms. The number of fused-ring (bicyclic) bond motifs is 7. The van der Waals surface area contributed by atoms with Gasteiger partial charge in [0, 0.05) is 53.6 Å². The summed E-state index contributed by atoms with van der Waals surface area (Å²) in [6.07, 6.45) is 0. The number of hydrogen-bond donors (Lipinski definition) is 0. The largest absolute Gasteiger partial charge is 0.455 e. The van der Waals surface area contributed by atoms with Crippen molar-refractivity contribution >= 4 is 81.3 Å². The first-order chi connectivity index (χ1) is 21.3. The Kier molecular flexibility index (Phi) is 5.40. The first-order valence-corrected chi connectivity index (χ1v) is 15.3. The van der Waals surface area contributed by atoms with Crippen molar-refractivity contribution in [2.45, 2.75) is 0 Å². The van der Waals surface area contributed by atoms with Crippen molar-refractivity contribution in [3.8, 4) is 11.1 Å². The van der Waals surface area contributed by atoms with Crippen LogP contribution in [0.15, 0.2) is 156 Å². The Hall–Kier alpha value is -5.38. The van der Waals surface area contributed by atoms with Gasteiger partial charge >= 0.3 is 0 Å². The highest BCUT2D eigenvalue weighted by atomic mass is 32.1. The van der Waals surface area contributed by atoms with Gasteiger partial charge in [-0.3, -0.25) is 0 Å². The van der Waals surface area contributed by atoms with Crippen molar-refractivity contribution in [3.05, 3.63) is 152 Å². The molecule has 0 aliphatic heterocycles. The maximum atomic E-state index is 6.52. The number of nitrogens with zero attached hydrogens (tertiary/aromatic N) is 1. The van der Waals surface area contributed by atoms with Crippen LogP contribution in [-0.2, 0) is 0 Å². The van der Waals surface area contributed by atoms with Gasteiger partial charge in [-0.2, -0.15) is 0 Å². The predicted molar refractivity (Wildman–Crippen MR) is 184 cm³/mol. The van der Waals surface area contributed by atoms with Gasteiger partial charge in [0.05, 0.1) is 0 Å². The summed E-state index contributed by atoms with van der Waals surface area (Å²) in [4.78, 5) is 2.34. The first-order valence-electron chi connectivity index (χ1n) is 14.5. The monoisotopic (exact) mass is 567 g/mol. The van der Waals surface area contributed by atoms with Gasteiger partial charge in [0.25, 0.3) is 0 Å². The van der Waals surface area contributed by atoms with E-state index in [2.05, 4.69) is 150 Å². The predicted octanol–water partition coefficient (Wildman–Crippen LogP) is 12.2. The molecule has 0 saturated carbocycles. The highest BCUT2D eigenvalue weighted by Gasteiger charge is 2.18. The maximum absolute atomic E-state index is 6.52. The van der Waals surface area contributed by atoms with E-state index in [1.165, 1.54) is 30.9 Å². The number of furan rings is 1.